The summed E-state index contributed by atoms with van der Waals surface area (Å²) in [5.74, 6) is -0.271. The van der Waals surface area contributed by atoms with Crippen molar-refractivity contribution >= 4 is 6.03 Å². The third-order valence-electron chi connectivity index (χ3n) is 5.37. The molecule has 2 amide bonds. The molecule has 28 heavy (non-hydrogen) atoms. The van der Waals surface area contributed by atoms with Gasteiger partial charge in [0, 0.05) is 45.1 Å². The molecule has 2 unspecified atom stereocenters. The van der Waals surface area contributed by atoms with Crippen LogP contribution in [0.1, 0.15) is 23.6 Å². The molecule has 148 valence electrons. The smallest absolute Gasteiger partial charge is 0.317 e. The maximum absolute atomic E-state index is 12.9. The predicted octanol–water partition coefficient (Wildman–Crippen LogP) is 1.61. The highest BCUT2D eigenvalue weighted by molar-refractivity contribution is 5.74. The van der Waals surface area contributed by atoms with E-state index in [9.17, 15) is 9.18 Å². The number of piperazine rings is 1. The Morgan fingerprint density at radius 1 is 1.14 bits per heavy atom. The van der Waals surface area contributed by atoms with E-state index in [4.69, 9.17) is 0 Å². The van der Waals surface area contributed by atoms with E-state index < -0.39 is 0 Å². The topological polar surface area (TPSA) is 72.5 Å². The average molecular weight is 384 g/mol. The molecule has 0 spiro atoms. The number of nitrogens with one attached hydrogen (secondary N) is 3. The molecule has 2 fully saturated rings. The first-order chi connectivity index (χ1) is 13.7. The second-order valence-corrected chi connectivity index (χ2v) is 7.19. The number of carbonyl (C=O) groups is 1. The molecule has 3 N–H and O–H groups in total. The van der Waals surface area contributed by atoms with Crippen LogP contribution in [0.5, 0.6) is 0 Å². The summed E-state index contributed by atoms with van der Waals surface area (Å²) < 4.78 is 12.9. The fraction of sp³-hybridized carbons (Fsp3) is 0.400. The Hall–Kier alpha value is -2.55. The molecule has 3 heterocycles. The molecule has 7 nitrogen and oxygen atoms in total. The van der Waals surface area contributed by atoms with Crippen LogP contribution in [-0.4, -0.2) is 53.2 Å². The van der Waals surface area contributed by atoms with E-state index in [1.165, 1.54) is 17.7 Å². The highest BCUT2D eigenvalue weighted by Crippen LogP contribution is 2.23. The van der Waals surface area contributed by atoms with Crippen molar-refractivity contribution in [3.05, 3.63) is 65.7 Å². The third-order valence-corrected chi connectivity index (χ3v) is 5.37. The summed E-state index contributed by atoms with van der Waals surface area (Å²) in [6.45, 7) is 3.42. The lowest BCUT2D eigenvalue weighted by Crippen LogP contribution is -2.56. The normalized spacial score (nSPS) is 23.0. The number of nitrogens with zero attached hydrogens (tertiary/aromatic N) is 3. The number of urea groups is 1. The van der Waals surface area contributed by atoms with E-state index >= 15 is 0 Å². The molecule has 8 heteroatoms. The second kappa shape index (κ2) is 8.64. The number of carbonyl (C=O) groups excluding carboxylic acids is 1. The molecular formula is C20H25FN6O. The van der Waals surface area contributed by atoms with Crippen LogP contribution in [0, 0.1) is 5.82 Å². The molecule has 0 aliphatic carbocycles. The van der Waals surface area contributed by atoms with Gasteiger partial charge in [-0.15, -0.1) is 0 Å². The first-order valence-electron chi connectivity index (χ1n) is 9.61. The first kappa shape index (κ1) is 18.8. The zero-order valence-corrected chi connectivity index (χ0v) is 15.6. The standard InChI is InChI=1S/C20H25FN6O/c21-17-5-3-15(4-6-17)13-23-20(28)27-10-8-26(9-11-27)19-12-18(24-25-19)16-2-1-7-22-14-16/h1-7,14,18-19,24-25H,8-13H2,(H,23,28). The van der Waals surface area contributed by atoms with Crippen molar-refractivity contribution in [1.29, 1.82) is 0 Å². The van der Waals surface area contributed by atoms with Crippen LogP contribution < -0.4 is 16.2 Å². The van der Waals surface area contributed by atoms with Crippen LogP contribution in [-0.2, 0) is 6.54 Å². The summed E-state index contributed by atoms with van der Waals surface area (Å²) in [5, 5.41) is 2.91. The predicted molar refractivity (Wildman–Crippen MR) is 103 cm³/mol. The van der Waals surface area contributed by atoms with Crippen molar-refractivity contribution in [1.82, 2.24) is 31.0 Å². The van der Waals surface area contributed by atoms with Gasteiger partial charge in [-0.3, -0.25) is 9.88 Å². The second-order valence-electron chi connectivity index (χ2n) is 7.19. The Bertz CT molecular complexity index is 779. The minimum absolute atomic E-state index is 0.0743. The molecule has 2 aromatic rings. The number of hydrogen-bond acceptors (Lipinski definition) is 5. The Morgan fingerprint density at radius 3 is 2.64 bits per heavy atom. The number of hydrogen-bond donors (Lipinski definition) is 3. The number of halogens is 1. The Labute approximate surface area is 163 Å². The van der Waals surface area contributed by atoms with Gasteiger partial charge in [-0.2, -0.15) is 0 Å². The zero-order chi connectivity index (χ0) is 19.3. The molecular weight excluding hydrogens is 359 g/mol. The maximum Gasteiger partial charge on any atom is 0.317 e. The van der Waals surface area contributed by atoms with Crippen LogP contribution in [0.25, 0.3) is 0 Å². The monoisotopic (exact) mass is 384 g/mol. The van der Waals surface area contributed by atoms with Gasteiger partial charge in [0.2, 0.25) is 0 Å². The van der Waals surface area contributed by atoms with Gasteiger partial charge in [0.05, 0.1) is 12.2 Å². The van der Waals surface area contributed by atoms with Crippen molar-refractivity contribution in [2.75, 3.05) is 26.2 Å². The van der Waals surface area contributed by atoms with Crippen molar-refractivity contribution in [3.63, 3.8) is 0 Å². The van der Waals surface area contributed by atoms with Gasteiger partial charge in [0.25, 0.3) is 0 Å². The minimum Gasteiger partial charge on any atom is -0.334 e. The Kier molecular flexibility index (Phi) is 5.80. The summed E-state index contributed by atoms with van der Waals surface area (Å²) in [6.07, 6.45) is 4.88. The number of aromatic nitrogens is 1. The molecule has 2 aliphatic heterocycles. The molecule has 2 aliphatic rings. The summed E-state index contributed by atoms with van der Waals surface area (Å²) in [4.78, 5) is 20.8. The van der Waals surface area contributed by atoms with Gasteiger partial charge in [-0.25, -0.2) is 20.0 Å². The molecule has 2 saturated heterocycles. The lowest BCUT2D eigenvalue weighted by Gasteiger charge is -2.37. The Balaban J connectivity index is 1.22. The van der Waals surface area contributed by atoms with E-state index in [-0.39, 0.29) is 24.1 Å². The number of pyridine rings is 1. The van der Waals surface area contributed by atoms with Crippen LogP contribution in [0.3, 0.4) is 0 Å². The van der Waals surface area contributed by atoms with Gasteiger partial charge >= 0.3 is 6.03 Å². The van der Waals surface area contributed by atoms with E-state index in [2.05, 4.69) is 32.1 Å². The molecule has 0 bridgehead atoms. The summed E-state index contributed by atoms with van der Waals surface area (Å²) >= 11 is 0. The van der Waals surface area contributed by atoms with Gasteiger partial charge < -0.3 is 10.2 Å². The first-order valence-corrected chi connectivity index (χ1v) is 9.61. The van der Waals surface area contributed by atoms with Crippen molar-refractivity contribution in [2.45, 2.75) is 25.2 Å². The van der Waals surface area contributed by atoms with Crippen molar-refractivity contribution in [3.8, 4) is 0 Å². The summed E-state index contributed by atoms with van der Waals surface area (Å²) in [5.41, 5.74) is 8.78. The Morgan fingerprint density at radius 2 is 1.93 bits per heavy atom. The quantitative estimate of drug-likeness (QED) is 0.747. The molecule has 1 aromatic carbocycles. The summed E-state index contributed by atoms with van der Waals surface area (Å²) in [7, 11) is 0. The lowest BCUT2D eigenvalue weighted by molar-refractivity contribution is 0.0986. The third kappa shape index (κ3) is 4.46. The lowest BCUT2D eigenvalue weighted by atomic mass is 10.1. The highest BCUT2D eigenvalue weighted by Gasteiger charge is 2.32. The van der Waals surface area contributed by atoms with E-state index in [1.54, 1.807) is 18.3 Å². The van der Waals surface area contributed by atoms with Crippen LogP contribution in [0.4, 0.5) is 9.18 Å². The van der Waals surface area contributed by atoms with E-state index in [0.29, 0.717) is 19.6 Å². The van der Waals surface area contributed by atoms with Gasteiger partial charge in [0.1, 0.15) is 5.82 Å². The molecule has 1 aromatic heterocycles. The fourth-order valence-corrected chi connectivity index (χ4v) is 3.71. The van der Waals surface area contributed by atoms with Crippen molar-refractivity contribution < 1.29 is 9.18 Å². The van der Waals surface area contributed by atoms with E-state index in [1.807, 2.05) is 17.2 Å². The van der Waals surface area contributed by atoms with E-state index in [0.717, 1.165) is 25.1 Å². The van der Waals surface area contributed by atoms with Crippen molar-refractivity contribution in [2.24, 2.45) is 0 Å². The number of amides is 2. The molecule has 2 atom stereocenters. The average Bonchev–Trinajstić information content (AvgIpc) is 3.24. The SMILES string of the molecule is O=C(NCc1ccc(F)cc1)N1CCN(C2CC(c3cccnc3)NN2)CC1. The molecule has 0 radical (unpaired) electrons. The summed E-state index contributed by atoms with van der Waals surface area (Å²) in [6, 6.07) is 10.4. The van der Waals surface area contributed by atoms with Gasteiger partial charge in [-0.05, 0) is 35.7 Å². The van der Waals surface area contributed by atoms with Crippen LogP contribution in [0.15, 0.2) is 48.8 Å². The fourth-order valence-electron chi connectivity index (χ4n) is 3.71. The van der Waals surface area contributed by atoms with Crippen LogP contribution in [0.2, 0.25) is 0 Å². The molecule has 0 saturated carbocycles. The molecule has 4 rings (SSSR count). The number of hydrazine groups is 1. The largest absolute Gasteiger partial charge is 0.334 e. The highest BCUT2D eigenvalue weighted by atomic mass is 19.1. The zero-order valence-electron chi connectivity index (χ0n) is 15.6. The minimum atomic E-state index is -0.271. The van der Waals surface area contributed by atoms with Gasteiger partial charge in [0.15, 0.2) is 0 Å². The van der Waals surface area contributed by atoms with Gasteiger partial charge in [-0.1, -0.05) is 18.2 Å². The maximum atomic E-state index is 12.9. The van der Waals surface area contributed by atoms with Crippen LogP contribution >= 0.6 is 0 Å². The number of benzene rings is 1. The number of rotatable bonds is 4.